The van der Waals surface area contributed by atoms with Crippen LogP contribution in [0.25, 0.3) is 0 Å². The SMILES string of the molecule is CC1NNC2C(=O)N(Nc3cccc(Cl)c3)C=NC12. The molecule has 3 unspecified atom stereocenters. The lowest BCUT2D eigenvalue weighted by molar-refractivity contribution is -0.129. The van der Waals surface area contributed by atoms with Crippen molar-refractivity contribution in [1.29, 1.82) is 0 Å². The first-order valence-electron chi connectivity index (χ1n) is 6.05. The molecule has 1 aromatic rings. The van der Waals surface area contributed by atoms with E-state index >= 15 is 0 Å². The maximum absolute atomic E-state index is 12.3. The first-order chi connectivity index (χ1) is 9.15. The highest BCUT2D eigenvalue weighted by Crippen LogP contribution is 2.19. The Labute approximate surface area is 115 Å². The van der Waals surface area contributed by atoms with Crippen LogP contribution in [-0.4, -0.2) is 35.4 Å². The fourth-order valence-electron chi connectivity index (χ4n) is 2.24. The molecule has 2 aliphatic heterocycles. The van der Waals surface area contributed by atoms with Crippen LogP contribution in [0.4, 0.5) is 5.69 Å². The van der Waals surface area contributed by atoms with E-state index in [1.54, 1.807) is 12.1 Å². The number of halogens is 1. The quantitative estimate of drug-likeness (QED) is 0.748. The van der Waals surface area contributed by atoms with Gasteiger partial charge in [-0.25, -0.2) is 10.4 Å². The molecule has 0 bridgehead atoms. The van der Waals surface area contributed by atoms with Gasteiger partial charge in [-0.05, 0) is 25.1 Å². The molecule has 2 aliphatic rings. The maximum atomic E-state index is 12.3. The summed E-state index contributed by atoms with van der Waals surface area (Å²) in [7, 11) is 0. The summed E-state index contributed by atoms with van der Waals surface area (Å²) >= 11 is 5.91. The van der Waals surface area contributed by atoms with Crippen molar-refractivity contribution in [3.63, 3.8) is 0 Å². The van der Waals surface area contributed by atoms with Crippen molar-refractivity contribution < 1.29 is 4.79 Å². The lowest BCUT2D eigenvalue weighted by atomic mass is 10.0. The van der Waals surface area contributed by atoms with Crippen LogP contribution in [0.5, 0.6) is 0 Å². The molecule has 100 valence electrons. The summed E-state index contributed by atoms with van der Waals surface area (Å²) in [5.74, 6) is -0.0724. The lowest BCUT2D eigenvalue weighted by Crippen LogP contribution is -2.53. The van der Waals surface area contributed by atoms with Crippen LogP contribution in [-0.2, 0) is 4.79 Å². The molecule has 2 heterocycles. The van der Waals surface area contributed by atoms with Crippen molar-refractivity contribution in [3.8, 4) is 0 Å². The molecule has 1 amide bonds. The second-order valence-corrected chi connectivity index (χ2v) is 5.08. The molecule has 0 aliphatic carbocycles. The molecular formula is C12H14ClN5O. The number of fused-ring (bicyclic) bond motifs is 1. The summed E-state index contributed by atoms with van der Waals surface area (Å²) in [6, 6.07) is 6.91. The van der Waals surface area contributed by atoms with Crippen molar-refractivity contribution in [2.75, 3.05) is 5.43 Å². The fraction of sp³-hybridized carbons (Fsp3) is 0.333. The Bertz CT molecular complexity index is 535. The van der Waals surface area contributed by atoms with Crippen LogP contribution >= 0.6 is 11.6 Å². The Hall–Kier alpha value is -1.63. The Balaban J connectivity index is 1.78. The van der Waals surface area contributed by atoms with Crippen molar-refractivity contribution in [3.05, 3.63) is 29.3 Å². The first kappa shape index (κ1) is 12.4. The van der Waals surface area contributed by atoms with Crippen molar-refractivity contribution in [2.45, 2.75) is 25.0 Å². The van der Waals surface area contributed by atoms with Crippen LogP contribution in [0.3, 0.4) is 0 Å². The molecule has 6 nitrogen and oxygen atoms in total. The largest absolute Gasteiger partial charge is 0.290 e. The van der Waals surface area contributed by atoms with E-state index < -0.39 is 0 Å². The number of benzene rings is 1. The van der Waals surface area contributed by atoms with Gasteiger partial charge in [-0.3, -0.25) is 20.6 Å². The molecule has 3 rings (SSSR count). The molecule has 19 heavy (non-hydrogen) atoms. The number of carbonyl (C=O) groups is 1. The van der Waals surface area contributed by atoms with E-state index in [-0.39, 0.29) is 24.0 Å². The van der Waals surface area contributed by atoms with Gasteiger partial charge < -0.3 is 0 Å². The molecule has 0 spiro atoms. The molecule has 3 atom stereocenters. The summed E-state index contributed by atoms with van der Waals surface area (Å²) < 4.78 is 0. The zero-order valence-corrected chi connectivity index (χ0v) is 11.1. The number of hydrogen-bond acceptors (Lipinski definition) is 5. The zero-order chi connectivity index (χ0) is 13.4. The molecule has 0 aromatic heterocycles. The second-order valence-electron chi connectivity index (χ2n) is 4.64. The normalized spacial score (nSPS) is 29.5. The Kier molecular flexibility index (Phi) is 3.14. The van der Waals surface area contributed by atoms with Gasteiger partial charge in [0.1, 0.15) is 12.4 Å². The van der Waals surface area contributed by atoms with E-state index in [4.69, 9.17) is 11.6 Å². The number of carbonyl (C=O) groups excluding carboxylic acids is 1. The number of hydrogen-bond donors (Lipinski definition) is 3. The molecule has 1 saturated heterocycles. The van der Waals surface area contributed by atoms with E-state index in [9.17, 15) is 4.79 Å². The topological polar surface area (TPSA) is 68.8 Å². The van der Waals surface area contributed by atoms with Gasteiger partial charge in [0.05, 0.1) is 11.7 Å². The van der Waals surface area contributed by atoms with Gasteiger partial charge in [0.2, 0.25) is 0 Å². The highest BCUT2D eigenvalue weighted by molar-refractivity contribution is 6.30. The Morgan fingerprint density at radius 1 is 1.42 bits per heavy atom. The molecule has 7 heteroatoms. The fourth-order valence-corrected chi connectivity index (χ4v) is 2.43. The summed E-state index contributed by atoms with van der Waals surface area (Å²) in [6.45, 7) is 1.99. The number of anilines is 1. The molecule has 0 saturated carbocycles. The lowest BCUT2D eigenvalue weighted by Gasteiger charge is -2.29. The highest BCUT2D eigenvalue weighted by Gasteiger charge is 2.42. The molecule has 3 N–H and O–H groups in total. The number of aliphatic imine (C=N–C) groups is 1. The third-order valence-electron chi connectivity index (χ3n) is 3.25. The van der Waals surface area contributed by atoms with Gasteiger partial charge in [-0.2, -0.15) is 0 Å². The van der Waals surface area contributed by atoms with Gasteiger partial charge in [-0.15, -0.1) is 0 Å². The minimum atomic E-state index is -0.341. The van der Waals surface area contributed by atoms with Crippen LogP contribution in [0.2, 0.25) is 5.02 Å². The van der Waals surface area contributed by atoms with Crippen LogP contribution in [0.15, 0.2) is 29.3 Å². The summed E-state index contributed by atoms with van der Waals surface area (Å²) in [5.41, 5.74) is 9.71. The number of hydrazine groups is 2. The standard InChI is InChI=1S/C12H14ClN5O/c1-7-10-11(16-15-7)12(19)18(6-14-10)17-9-4-2-3-8(13)5-9/h2-7,10-11,15-17H,1H3. The van der Waals surface area contributed by atoms with Gasteiger partial charge in [0.15, 0.2) is 0 Å². The zero-order valence-electron chi connectivity index (χ0n) is 10.3. The van der Waals surface area contributed by atoms with Gasteiger partial charge in [-0.1, -0.05) is 17.7 Å². The summed E-state index contributed by atoms with van der Waals surface area (Å²) in [4.78, 5) is 16.7. The predicted molar refractivity (Wildman–Crippen MR) is 73.7 cm³/mol. The van der Waals surface area contributed by atoms with Crippen molar-refractivity contribution in [1.82, 2.24) is 15.9 Å². The number of nitrogens with zero attached hydrogens (tertiary/aromatic N) is 2. The highest BCUT2D eigenvalue weighted by atomic mass is 35.5. The van der Waals surface area contributed by atoms with Crippen LogP contribution in [0, 0.1) is 0 Å². The minimum Gasteiger partial charge on any atom is -0.290 e. The van der Waals surface area contributed by atoms with Crippen molar-refractivity contribution in [2.24, 2.45) is 4.99 Å². The average molecular weight is 280 g/mol. The number of amides is 1. The second kappa shape index (κ2) is 4.80. The van der Waals surface area contributed by atoms with Gasteiger partial charge >= 0.3 is 0 Å². The summed E-state index contributed by atoms with van der Waals surface area (Å²) in [6.07, 6.45) is 1.52. The van der Waals surface area contributed by atoms with Crippen LogP contribution in [0.1, 0.15) is 6.92 Å². The first-order valence-corrected chi connectivity index (χ1v) is 6.42. The average Bonchev–Trinajstić information content (AvgIpc) is 2.76. The monoisotopic (exact) mass is 279 g/mol. The van der Waals surface area contributed by atoms with E-state index in [1.807, 2.05) is 19.1 Å². The Morgan fingerprint density at radius 2 is 2.26 bits per heavy atom. The van der Waals surface area contributed by atoms with E-state index in [0.717, 1.165) is 5.69 Å². The maximum Gasteiger partial charge on any atom is 0.267 e. The van der Waals surface area contributed by atoms with E-state index in [1.165, 1.54) is 11.3 Å². The summed E-state index contributed by atoms with van der Waals surface area (Å²) in [5, 5.41) is 1.98. The Morgan fingerprint density at radius 3 is 3.05 bits per heavy atom. The third-order valence-corrected chi connectivity index (χ3v) is 3.49. The number of rotatable bonds is 2. The molecular weight excluding hydrogens is 266 g/mol. The van der Waals surface area contributed by atoms with Crippen molar-refractivity contribution >= 4 is 29.5 Å². The molecule has 0 radical (unpaired) electrons. The molecule has 1 fully saturated rings. The van der Waals surface area contributed by atoms with E-state index in [2.05, 4.69) is 21.3 Å². The third kappa shape index (κ3) is 2.30. The van der Waals surface area contributed by atoms with E-state index in [0.29, 0.717) is 5.02 Å². The number of nitrogens with one attached hydrogen (secondary N) is 3. The van der Waals surface area contributed by atoms with Crippen LogP contribution < -0.4 is 16.3 Å². The molecule has 1 aromatic carbocycles. The smallest absolute Gasteiger partial charge is 0.267 e. The minimum absolute atomic E-state index is 0.0649. The van der Waals surface area contributed by atoms with Gasteiger partial charge in [0, 0.05) is 11.1 Å². The predicted octanol–water partition coefficient (Wildman–Crippen LogP) is 0.771. The van der Waals surface area contributed by atoms with Gasteiger partial charge in [0.25, 0.3) is 5.91 Å².